The van der Waals surface area contributed by atoms with Gasteiger partial charge in [-0.05, 0) is 24.5 Å². The highest BCUT2D eigenvalue weighted by molar-refractivity contribution is 8.15. The van der Waals surface area contributed by atoms with Gasteiger partial charge in [-0.3, -0.25) is 15.0 Å². The Bertz CT molecular complexity index is 533. The number of anilines is 1. The fourth-order valence-electron chi connectivity index (χ4n) is 1.63. The number of rotatable bonds is 4. The molecule has 7 heteroatoms. The zero-order valence-corrected chi connectivity index (χ0v) is 11.9. The Morgan fingerprint density at radius 1 is 1.58 bits per heavy atom. The van der Waals surface area contributed by atoms with E-state index in [1.165, 1.54) is 0 Å². The van der Waals surface area contributed by atoms with Crippen molar-refractivity contribution < 1.29 is 9.59 Å². The molecule has 0 aromatic heterocycles. The first-order valence-electron chi connectivity index (χ1n) is 5.58. The second kappa shape index (κ2) is 6.12. The summed E-state index contributed by atoms with van der Waals surface area (Å²) < 4.78 is 0. The predicted octanol–water partition coefficient (Wildman–Crippen LogP) is 1.90. The molecule has 2 amide bonds. The van der Waals surface area contributed by atoms with E-state index in [0.29, 0.717) is 0 Å². The van der Waals surface area contributed by atoms with Crippen LogP contribution in [0.2, 0.25) is 0 Å². The van der Waals surface area contributed by atoms with Gasteiger partial charge < -0.3 is 10.6 Å². The van der Waals surface area contributed by atoms with Crippen molar-refractivity contribution in [3.8, 4) is 0 Å². The highest BCUT2D eigenvalue weighted by atomic mass is 32.2. The van der Waals surface area contributed by atoms with Gasteiger partial charge in [-0.25, -0.2) is 0 Å². The molecule has 1 heterocycles. The van der Waals surface area contributed by atoms with E-state index in [1.54, 1.807) is 11.8 Å². The lowest BCUT2D eigenvalue weighted by Gasteiger charge is -2.08. The molecule has 1 aliphatic heterocycles. The molecule has 1 atom stereocenters. The Kier molecular flexibility index (Phi) is 4.49. The van der Waals surface area contributed by atoms with E-state index in [9.17, 15) is 9.59 Å². The van der Waals surface area contributed by atoms with E-state index in [2.05, 4.69) is 10.6 Å². The van der Waals surface area contributed by atoms with Gasteiger partial charge in [0.15, 0.2) is 5.17 Å². The van der Waals surface area contributed by atoms with Crippen molar-refractivity contribution in [2.24, 2.45) is 0 Å². The Morgan fingerprint density at radius 2 is 2.37 bits per heavy atom. The average Bonchev–Trinajstić information content (AvgIpc) is 2.68. The average molecular weight is 295 g/mol. The van der Waals surface area contributed by atoms with Crippen LogP contribution in [0.25, 0.3) is 0 Å². The summed E-state index contributed by atoms with van der Waals surface area (Å²) in [6, 6.07) is 7.52. The van der Waals surface area contributed by atoms with Crippen LogP contribution in [0.3, 0.4) is 0 Å². The number of amides is 2. The van der Waals surface area contributed by atoms with Crippen LogP contribution in [0.1, 0.15) is 6.42 Å². The molecule has 1 saturated heterocycles. The van der Waals surface area contributed by atoms with Crippen molar-refractivity contribution in [3.05, 3.63) is 24.3 Å². The van der Waals surface area contributed by atoms with Gasteiger partial charge in [-0.15, -0.1) is 11.8 Å². The molecule has 19 heavy (non-hydrogen) atoms. The molecule has 0 bridgehead atoms. The fourth-order valence-corrected chi connectivity index (χ4v) is 2.94. The lowest BCUT2D eigenvalue weighted by Crippen LogP contribution is -2.27. The third kappa shape index (κ3) is 3.74. The van der Waals surface area contributed by atoms with Gasteiger partial charge in [0.2, 0.25) is 11.8 Å². The topological polar surface area (TPSA) is 82.1 Å². The van der Waals surface area contributed by atoms with E-state index in [0.717, 1.165) is 22.3 Å². The lowest BCUT2D eigenvalue weighted by atomic mass is 10.2. The lowest BCUT2D eigenvalue weighted by molar-refractivity contribution is -0.122. The normalized spacial score (nSPS) is 18.3. The Morgan fingerprint density at radius 3 is 3.00 bits per heavy atom. The van der Waals surface area contributed by atoms with E-state index < -0.39 is 5.25 Å². The second-order valence-electron chi connectivity index (χ2n) is 3.91. The SMILES string of the molecule is CSc1cccc(NC(=O)CC2SC(=N)NC2=O)c1. The summed E-state index contributed by atoms with van der Waals surface area (Å²) in [6.07, 6.45) is 2.04. The van der Waals surface area contributed by atoms with E-state index >= 15 is 0 Å². The van der Waals surface area contributed by atoms with Crippen LogP contribution in [0, 0.1) is 5.41 Å². The summed E-state index contributed by atoms with van der Waals surface area (Å²) in [5, 5.41) is 12.1. The number of benzene rings is 1. The minimum atomic E-state index is -0.503. The maximum atomic E-state index is 11.8. The molecule has 1 aliphatic rings. The van der Waals surface area contributed by atoms with E-state index in [4.69, 9.17) is 5.41 Å². The van der Waals surface area contributed by atoms with Crippen molar-refractivity contribution in [2.75, 3.05) is 11.6 Å². The number of hydrogen-bond acceptors (Lipinski definition) is 5. The molecule has 0 saturated carbocycles. The van der Waals surface area contributed by atoms with Crippen molar-refractivity contribution in [2.45, 2.75) is 16.6 Å². The molecule has 1 aromatic carbocycles. The third-order valence-corrected chi connectivity index (χ3v) is 4.24. The molecule has 3 N–H and O–H groups in total. The van der Waals surface area contributed by atoms with E-state index in [-0.39, 0.29) is 23.4 Å². The molecule has 1 fully saturated rings. The summed E-state index contributed by atoms with van der Waals surface area (Å²) in [7, 11) is 0. The van der Waals surface area contributed by atoms with Crippen LogP contribution in [-0.4, -0.2) is 28.5 Å². The number of nitrogens with one attached hydrogen (secondary N) is 3. The first-order chi connectivity index (χ1) is 9.08. The Hall–Kier alpha value is -1.47. The van der Waals surface area contributed by atoms with Crippen LogP contribution < -0.4 is 10.6 Å². The zero-order chi connectivity index (χ0) is 13.8. The van der Waals surface area contributed by atoms with Gasteiger partial charge in [0.05, 0.1) is 0 Å². The van der Waals surface area contributed by atoms with Gasteiger partial charge in [-0.1, -0.05) is 17.8 Å². The summed E-state index contributed by atoms with van der Waals surface area (Å²) in [4.78, 5) is 24.3. The number of thioether (sulfide) groups is 2. The quantitative estimate of drug-likeness (QED) is 0.741. The second-order valence-corrected chi connectivity index (χ2v) is 6.00. The highest BCUT2D eigenvalue weighted by Gasteiger charge is 2.31. The van der Waals surface area contributed by atoms with Gasteiger partial charge >= 0.3 is 0 Å². The largest absolute Gasteiger partial charge is 0.326 e. The van der Waals surface area contributed by atoms with Crippen LogP contribution >= 0.6 is 23.5 Å². The number of hydrogen-bond donors (Lipinski definition) is 3. The first-order valence-corrected chi connectivity index (χ1v) is 7.69. The monoisotopic (exact) mass is 295 g/mol. The number of amidine groups is 1. The zero-order valence-electron chi connectivity index (χ0n) is 10.2. The van der Waals surface area contributed by atoms with Crippen molar-refractivity contribution >= 4 is 46.2 Å². The van der Waals surface area contributed by atoms with Gasteiger partial charge in [0.1, 0.15) is 5.25 Å². The smallest absolute Gasteiger partial charge is 0.240 e. The molecular formula is C12H13N3O2S2. The molecule has 0 aliphatic carbocycles. The Labute approximate surface area is 119 Å². The maximum Gasteiger partial charge on any atom is 0.240 e. The van der Waals surface area contributed by atoms with Crippen molar-refractivity contribution in [1.82, 2.24) is 5.32 Å². The van der Waals surface area contributed by atoms with Crippen LogP contribution in [0.4, 0.5) is 5.69 Å². The molecule has 1 unspecified atom stereocenters. The predicted molar refractivity (Wildman–Crippen MR) is 78.7 cm³/mol. The molecule has 100 valence electrons. The first kappa shape index (κ1) is 14.0. The van der Waals surface area contributed by atoms with Gasteiger partial charge in [0.25, 0.3) is 0 Å². The van der Waals surface area contributed by atoms with Crippen LogP contribution in [-0.2, 0) is 9.59 Å². The molecule has 2 rings (SSSR count). The molecule has 0 spiro atoms. The Balaban J connectivity index is 1.94. The summed E-state index contributed by atoms with van der Waals surface area (Å²) in [6.45, 7) is 0. The maximum absolute atomic E-state index is 11.8. The number of carbonyl (C=O) groups is 2. The summed E-state index contributed by atoms with van der Waals surface area (Å²) in [5.74, 6) is -0.497. The van der Waals surface area contributed by atoms with Crippen molar-refractivity contribution in [3.63, 3.8) is 0 Å². The standard InChI is InChI=1S/C12H13N3O2S2/c1-18-8-4-2-3-7(5-8)14-10(16)6-9-11(17)15-12(13)19-9/h2-5,9H,6H2,1H3,(H,14,16)(H2,13,15,17). The molecular weight excluding hydrogens is 282 g/mol. The molecule has 1 aromatic rings. The summed E-state index contributed by atoms with van der Waals surface area (Å²) in [5.41, 5.74) is 0.718. The minimum Gasteiger partial charge on any atom is -0.326 e. The fraction of sp³-hybridized carbons (Fsp3) is 0.250. The van der Waals surface area contributed by atoms with Crippen LogP contribution in [0.5, 0.6) is 0 Å². The molecule has 0 radical (unpaired) electrons. The third-order valence-electron chi connectivity index (χ3n) is 2.51. The minimum absolute atomic E-state index is 0.0718. The highest BCUT2D eigenvalue weighted by Crippen LogP contribution is 2.23. The number of carbonyl (C=O) groups excluding carboxylic acids is 2. The van der Waals surface area contributed by atoms with E-state index in [1.807, 2.05) is 30.5 Å². The molecule has 5 nitrogen and oxygen atoms in total. The van der Waals surface area contributed by atoms with Gasteiger partial charge in [-0.2, -0.15) is 0 Å². The van der Waals surface area contributed by atoms with Gasteiger partial charge in [0, 0.05) is 17.0 Å². The van der Waals surface area contributed by atoms with Crippen LogP contribution in [0.15, 0.2) is 29.2 Å². The van der Waals surface area contributed by atoms with Crippen molar-refractivity contribution in [1.29, 1.82) is 5.41 Å². The summed E-state index contributed by atoms with van der Waals surface area (Å²) >= 11 is 2.67.